The van der Waals surface area contributed by atoms with Crippen molar-refractivity contribution in [2.45, 2.75) is 26.4 Å². The molecule has 1 heterocycles. The number of anilines is 1. The largest absolute Gasteiger partial charge is 0.489 e. The number of nitrogens with zero attached hydrogens (tertiary/aromatic N) is 1. The Balaban J connectivity index is 1.58. The van der Waals surface area contributed by atoms with Gasteiger partial charge in [-0.3, -0.25) is 9.59 Å². The fraction of sp³-hybridized carbons (Fsp3) is 0.333. The van der Waals surface area contributed by atoms with Crippen molar-refractivity contribution < 1.29 is 14.3 Å². The molecule has 0 unspecified atom stereocenters. The summed E-state index contributed by atoms with van der Waals surface area (Å²) in [5, 5.41) is 2.87. The molecule has 0 saturated carbocycles. The maximum atomic E-state index is 12.3. The minimum absolute atomic E-state index is 0.0143. The van der Waals surface area contributed by atoms with Crippen LogP contribution < -0.4 is 15.0 Å². The van der Waals surface area contributed by atoms with E-state index < -0.39 is 0 Å². The van der Waals surface area contributed by atoms with Crippen molar-refractivity contribution in [2.75, 3.05) is 18.0 Å². The summed E-state index contributed by atoms with van der Waals surface area (Å²) in [4.78, 5) is 26.0. The third kappa shape index (κ3) is 4.42. The summed E-state index contributed by atoms with van der Waals surface area (Å²) in [7, 11) is 0. The molecule has 0 aliphatic carbocycles. The predicted molar refractivity (Wildman–Crippen MR) is 101 cm³/mol. The fourth-order valence-corrected chi connectivity index (χ4v) is 2.99. The lowest BCUT2D eigenvalue weighted by atomic mass is 10.1. The molecular formula is C21H24N2O3. The summed E-state index contributed by atoms with van der Waals surface area (Å²) in [5.74, 6) is 0.426. The van der Waals surface area contributed by atoms with Crippen LogP contribution in [0.5, 0.6) is 5.75 Å². The van der Waals surface area contributed by atoms with Gasteiger partial charge in [-0.2, -0.15) is 0 Å². The minimum atomic E-state index is -0.275. The van der Waals surface area contributed by atoms with Crippen molar-refractivity contribution in [3.05, 3.63) is 60.2 Å². The van der Waals surface area contributed by atoms with Gasteiger partial charge in [-0.25, -0.2) is 0 Å². The number of ether oxygens (including phenoxy) is 1. The number of hydrogen-bond acceptors (Lipinski definition) is 3. The van der Waals surface area contributed by atoms with Crippen molar-refractivity contribution in [2.24, 2.45) is 5.92 Å². The number of amides is 2. The second-order valence-corrected chi connectivity index (χ2v) is 6.46. The van der Waals surface area contributed by atoms with E-state index in [0.717, 1.165) is 23.4 Å². The van der Waals surface area contributed by atoms with Gasteiger partial charge in [0.2, 0.25) is 11.8 Å². The van der Waals surface area contributed by atoms with E-state index in [4.69, 9.17) is 4.74 Å². The smallest absolute Gasteiger partial charge is 0.227 e. The summed E-state index contributed by atoms with van der Waals surface area (Å²) in [6.45, 7) is 3.59. The average molecular weight is 352 g/mol. The van der Waals surface area contributed by atoms with E-state index in [1.807, 2.05) is 61.5 Å². The Labute approximate surface area is 154 Å². The Morgan fingerprint density at radius 2 is 1.88 bits per heavy atom. The molecule has 1 aliphatic rings. The highest BCUT2D eigenvalue weighted by molar-refractivity contribution is 6.00. The van der Waals surface area contributed by atoms with Gasteiger partial charge in [0.1, 0.15) is 12.4 Å². The molecule has 2 aromatic rings. The molecule has 2 aromatic carbocycles. The first-order chi connectivity index (χ1) is 12.7. The van der Waals surface area contributed by atoms with Crippen molar-refractivity contribution in [1.82, 2.24) is 5.32 Å². The molecule has 26 heavy (non-hydrogen) atoms. The fourth-order valence-electron chi connectivity index (χ4n) is 2.99. The number of carbonyl (C=O) groups is 2. The highest BCUT2D eigenvalue weighted by atomic mass is 16.5. The third-order valence-corrected chi connectivity index (χ3v) is 4.44. The molecule has 3 rings (SSSR count). The molecule has 1 atom stereocenters. The first-order valence-corrected chi connectivity index (χ1v) is 9.02. The van der Waals surface area contributed by atoms with E-state index in [9.17, 15) is 9.59 Å². The maximum absolute atomic E-state index is 12.3. The van der Waals surface area contributed by atoms with Crippen LogP contribution >= 0.6 is 0 Å². The lowest BCUT2D eigenvalue weighted by molar-refractivity contribution is -0.126. The molecule has 0 spiro atoms. The molecule has 1 aliphatic heterocycles. The lowest BCUT2D eigenvalue weighted by Crippen LogP contribution is -2.33. The number of rotatable bonds is 7. The van der Waals surface area contributed by atoms with Crippen LogP contribution in [0.3, 0.4) is 0 Å². The monoisotopic (exact) mass is 352 g/mol. The van der Waals surface area contributed by atoms with Crippen LogP contribution in [0, 0.1) is 5.92 Å². The van der Waals surface area contributed by atoms with Gasteiger partial charge in [0.15, 0.2) is 0 Å². The molecule has 1 fully saturated rings. The van der Waals surface area contributed by atoms with Crippen LogP contribution in [-0.2, 0) is 16.2 Å². The molecule has 1 saturated heterocycles. The van der Waals surface area contributed by atoms with Crippen LogP contribution in [0.2, 0.25) is 0 Å². The molecule has 5 nitrogen and oxygen atoms in total. The van der Waals surface area contributed by atoms with Crippen molar-refractivity contribution in [1.29, 1.82) is 0 Å². The first-order valence-electron chi connectivity index (χ1n) is 9.02. The number of carbonyl (C=O) groups excluding carboxylic acids is 2. The Hall–Kier alpha value is -2.82. The molecule has 0 aromatic heterocycles. The van der Waals surface area contributed by atoms with Crippen molar-refractivity contribution in [3.8, 4) is 5.75 Å². The van der Waals surface area contributed by atoms with Gasteiger partial charge in [-0.1, -0.05) is 37.3 Å². The lowest BCUT2D eigenvalue weighted by Gasteiger charge is -2.17. The van der Waals surface area contributed by atoms with E-state index in [-0.39, 0.29) is 24.2 Å². The highest BCUT2D eigenvalue weighted by Gasteiger charge is 2.34. The molecule has 5 heteroatoms. The van der Waals surface area contributed by atoms with Crippen LogP contribution in [0.1, 0.15) is 25.3 Å². The standard InChI is InChI=1S/C21H24N2O3/c1-2-12-22-21(25)17-13-20(24)23(14-17)18-8-10-19(11-9-18)26-15-16-6-4-3-5-7-16/h3-11,17H,2,12-15H2,1H3,(H,22,25)/t17-/m1/s1. The first kappa shape index (κ1) is 18.0. The zero-order valence-electron chi connectivity index (χ0n) is 15.0. The summed E-state index contributed by atoms with van der Waals surface area (Å²) in [6.07, 6.45) is 1.16. The molecule has 2 amide bonds. The van der Waals surface area contributed by atoms with E-state index in [1.165, 1.54) is 0 Å². The topological polar surface area (TPSA) is 58.6 Å². The summed E-state index contributed by atoms with van der Waals surface area (Å²) < 4.78 is 5.77. The van der Waals surface area contributed by atoms with Gasteiger partial charge in [0.25, 0.3) is 0 Å². The van der Waals surface area contributed by atoms with Gasteiger partial charge in [0.05, 0.1) is 5.92 Å². The molecular weight excluding hydrogens is 328 g/mol. The maximum Gasteiger partial charge on any atom is 0.227 e. The predicted octanol–water partition coefficient (Wildman–Crippen LogP) is 3.14. The Morgan fingerprint density at radius 3 is 2.58 bits per heavy atom. The second-order valence-electron chi connectivity index (χ2n) is 6.46. The van der Waals surface area contributed by atoms with E-state index in [2.05, 4.69) is 5.32 Å². The van der Waals surface area contributed by atoms with Gasteiger partial charge < -0.3 is 15.0 Å². The van der Waals surface area contributed by atoms with Crippen LogP contribution in [-0.4, -0.2) is 24.9 Å². The van der Waals surface area contributed by atoms with E-state index >= 15 is 0 Å². The number of benzene rings is 2. The normalized spacial score (nSPS) is 16.6. The van der Waals surface area contributed by atoms with E-state index in [1.54, 1.807) is 4.90 Å². The Morgan fingerprint density at radius 1 is 1.15 bits per heavy atom. The highest BCUT2D eigenvalue weighted by Crippen LogP contribution is 2.27. The van der Waals surface area contributed by atoms with Gasteiger partial charge in [0, 0.05) is 25.2 Å². The third-order valence-electron chi connectivity index (χ3n) is 4.44. The quantitative estimate of drug-likeness (QED) is 0.833. The van der Waals surface area contributed by atoms with E-state index in [0.29, 0.717) is 19.7 Å². The Kier molecular flexibility index (Phi) is 5.89. The molecule has 0 bridgehead atoms. The average Bonchev–Trinajstić information content (AvgIpc) is 3.07. The van der Waals surface area contributed by atoms with Crippen LogP contribution in [0.4, 0.5) is 5.69 Å². The summed E-state index contributed by atoms with van der Waals surface area (Å²) in [6, 6.07) is 17.4. The SMILES string of the molecule is CCCNC(=O)[C@@H]1CC(=O)N(c2ccc(OCc3ccccc3)cc2)C1. The number of nitrogens with one attached hydrogen (secondary N) is 1. The van der Waals surface area contributed by atoms with Crippen LogP contribution in [0.25, 0.3) is 0 Å². The van der Waals surface area contributed by atoms with Gasteiger partial charge in [-0.05, 0) is 36.2 Å². The number of hydrogen-bond donors (Lipinski definition) is 1. The molecule has 136 valence electrons. The van der Waals surface area contributed by atoms with Gasteiger partial charge in [-0.15, -0.1) is 0 Å². The molecule has 0 radical (unpaired) electrons. The Bertz CT molecular complexity index is 744. The van der Waals surface area contributed by atoms with Gasteiger partial charge >= 0.3 is 0 Å². The minimum Gasteiger partial charge on any atom is -0.489 e. The van der Waals surface area contributed by atoms with Crippen LogP contribution in [0.15, 0.2) is 54.6 Å². The van der Waals surface area contributed by atoms with Crippen molar-refractivity contribution >= 4 is 17.5 Å². The second kappa shape index (κ2) is 8.52. The summed E-state index contributed by atoms with van der Waals surface area (Å²) >= 11 is 0. The summed E-state index contributed by atoms with van der Waals surface area (Å²) in [5.41, 5.74) is 1.90. The zero-order chi connectivity index (χ0) is 18.4. The molecule has 1 N–H and O–H groups in total. The zero-order valence-corrected chi connectivity index (χ0v) is 15.0. The van der Waals surface area contributed by atoms with Crippen molar-refractivity contribution in [3.63, 3.8) is 0 Å².